The summed E-state index contributed by atoms with van der Waals surface area (Å²) < 4.78 is 56.1. The summed E-state index contributed by atoms with van der Waals surface area (Å²) in [6.07, 6.45) is -0.605. The van der Waals surface area contributed by atoms with E-state index in [1.54, 1.807) is 4.57 Å². The van der Waals surface area contributed by atoms with E-state index in [2.05, 4.69) is 31.2 Å². The molecule has 0 aliphatic heterocycles. The van der Waals surface area contributed by atoms with Crippen LogP contribution in [-0.2, 0) is 24.7 Å². The largest absolute Gasteiger partial charge is 0.352 e. The normalized spacial score (nSPS) is 25.3. The molecule has 3 N–H and O–H groups in total. The predicted molar refractivity (Wildman–Crippen MR) is 138 cm³/mol. The van der Waals surface area contributed by atoms with Crippen molar-refractivity contribution >= 4 is 39.9 Å². The molecule has 10 nitrogen and oxygen atoms in total. The second kappa shape index (κ2) is 10.5. The Bertz CT molecular complexity index is 1430. The minimum absolute atomic E-state index is 0.166. The molecule has 0 unspecified atom stereocenters. The second-order valence-electron chi connectivity index (χ2n) is 10.6. The fraction of sp³-hybridized carbons (Fsp3) is 0.560. The van der Waals surface area contributed by atoms with Crippen molar-refractivity contribution in [3.8, 4) is 0 Å². The zero-order chi connectivity index (χ0) is 28.1. The molecule has 3 aromatic rings. The highest BCUT2D eigenvalue weighted by Gasteiger charge is 2.39. The van der Waals surface area contributed by atoms with Gasteiger partial charge in [0.15, 0.2) is 0 Å². The molecule has 3 heterocycles. The summed E-state index contributed by atoms with van der Waals surface area (Å²) in [6, 6.07) is 1.07. The lowest BCUT2D eigenvalue weighted by Gasteiger charge is -2.28. The lowest BCUT2D eigenvalue weighted by molar-refractivity contribution is -0.124. The highest BCUT2D eigenvalue weighted by molar-refractivity contribution is 7.17. The molecule has 3 aromatic heterocycles. The van der Waals surface area contributed by atoms with Gasteiger partial charge in [0.2, 0.25) is 11.9 Å². The van der Waals surface area contributed by atoms with Crippen molar-refractivity contribution < 1.29 is 27.2 Å². The minimum atomic E-state index is -2.72. The number of carbonyl (C=O) groups is 2. The number of aryl methyl sites for hydroxylation is 2. The number of amides is 2. The van der Waals surface area contributed by atoms with Gasteiger partial charge in [0, 0.05) is 42.4 Å². The first-order valence-corrected chi connectivity index (χ1v) is 14.0. The number of rotatable bonds is 9. The third-order valence-electron chi connectivity index (χ3n) is 7.84. The van der Waals surface area contributed by atoms with Crippen LogP contribution in [0.4, 0.5) is 34.3 Å². The van der Waals surface area contributed by atoms with Gasteiger partial charge in [-0.05, 0) is 44.1 Å². The molecule has 0 aromatic carbocycles. The molecular weight excluding hydrogens is 552 g/mol. The summed E-state index contributed by atoms with van der Waals surface area (Å²) in [6.45, 7) is 0.207. The SMILES string of the molecule is Cn1nc(C(F)F)cc1Nc1nncn1[C@H]1CCc2sc(NC(=O)C3CC(F)C3)c(C(=O)NC[C@H]3C[C@@H]3F)c2C1. The van der Waals surface area contributed by atoms with Gasteiger partial charge in [-0.25, -0.2) is 17.6 Å². The first-order chi connectivity index (χ1) is 19.2. The third kappa shape index (κ3) is 5.18. The molecule has 6 rings (SSSR count). The average molecular weight is 581 g/mol. The van der Waals surface area contributed by atoms with E-state index in [-0.39, 0.29) is 48.9 Å². The highest BCUT2D eigenvalue weighted by Crippen LogP contribution is 2.43. The number of hydrogen-bond acceptors (Lipinski definition) is 7. The van der Waals surface area contributed by atoms with Crippen LogP contribution in [0, 0.1) is 11.8 Å². The maximum atomic E-state index is 13.4. The zero-order valence-corrected chi connectivity index (χ0v) is 22.4. The number of nitrogens with one attached hydrogen (secondary N) is 3. The monoisotopic (exact) mass is 580 g/mol. The quantitative estimate of drug-likeness (QED) is 0.326. The van der Waals surface area contributed by atoms with Gasteiger partial charge in [-0.15, -0.1) is 21.5 Å². The Balaban J connectivity index is 1.25. The summed E-state index contributed by atoms with van der Waals surface area (Å²) in [5.74, 6) is -0.682. The Morgan fingerprint density at radius 1 is 1.23 bits per heavy atom. The van der Waals surface area contributed by atoms with E-state index in [0.29, 0.717) is 48.0 Å². The molecule has 3 aliphatic rings. The van der Waals surface area contributed by atoms with E-state index in [4.69, 9.17) is 0 Å². The van der Waals surface area contributed by atoms with E-state index in [9.17, 15) is 27.2 Å². The Hall–Kier alpha value is -3.49. The molecule has 40 heavy (non-hydrogen) atoms. The minimum Gasteiger partial charge on any atom is -0.352 e. The Morgan fingerprint density at radius 2 is 2.00 bits per heavy atom. The van der Waals surface area contributed by atoms with Gasteiger partial charge in [0.05, 0.1) is 5.56 Å². The number of thiophene rings is 1. The zero-order valence-electron chi connectivity index (χ0n) is 21.5. The number of hydrogen-bond donors (Lipinski definition) is 3. The lowest BCUT2D eigenvalue weighted by Crippen LogP contribution is -2.36. The summed E-state index contributed by atoms with van der Waals surface area (Å²) in [4.78, 5) is 27.1. The van der Waals surface area contributed by atoms with Crippen molar-refractivity contribution in [3.63, 3.8) is 0 Å². The fourth-order valence-electron chi connectivity index (χ4n) is 5.27. The van der Waals surface area contributed by atoms with E-state index < -0.39 is 24.7 Å². The van der Waals surface area contributed by atoms with Crippen molar-refractivity contribution in [2.24, 2.45) is 18.9 Å². The van der Waals surface area contributed by atoms with Crippen molar-refractivity contribution in [3.05, 3.63) is 34.1 Å². The first-order valence-electron chi connectivity index (χ1n) is 13.2. The highest BCUT2D eigenvalue weighted by atomic mass is 32.1. The maximum absolute atomic E-state index is 13.4. The molecule has 3 atom stereocenters. The molecule has 2 amide bonds. The molecule has 0 bridgehead atoms. The number of anilines is 3. The molecule has 0 radical (unpaired) electrons. The molecule has 214 valence electrons. The molecule has 0 spiro atoms. The number of fused-ring (bicyclic) bond motifs is 1. The van der Waals surface area contributed by atoms with Crippen LogP contribution in [0.15, 0.2) is 12.4 Å². The summed E-state index contributed by atoms with van der Waals surface area (Å²) >= 11 is 1.34. The van der Waals surface area contributed by atoms with Crippen LogP contribution in [-0.4, -0.2) is 55.2 Å². The fourth-order valence-corrected chi connectivity index (χ4v) is 6.51. The van der Waals surface area contributed by atoms with Crippen LogP contribution < -0.4 is 16.0 Å². The average Bonchev–Trinajstić information content (AvgIpc) is 3.23. The van der Waals surface area contributed by atoms with Gasteiger partial charge < -0.3 is 16.0 Å². The van der Waals surface area contributed by atoms with Crippen LogP contribution in [0.5, 0.6) is 0 Å². The van der Waals surface area contributed by atoms with Crippen LogP contribution in [0.2, 0.25) is 0 Å². The molecule has 2 fully saturated rings. The second-order valence-corrected chi connectivity index (χ2v) is 11.8. The van der Waals surface area contributed by atoms with Crippen molar-refractivity contribution in [2.75, 3.05) is 17.2 Å². The van der Waals surface area contributed by atoms with Gasteiger partial charge in [-0.3, -0.25) is 18.8 Å². The van der Waals surface area contributed by atoms with Crippen molar-refractivity contribution in [1.29, 1.82) is 0 Å². The first kappa shape index (κ1) is 26.7. The van der Waals surface area contributed by atoms with Crippen LogP contribution in [0.3, 0.4) is 0 Å². The smallest absolute Gasteiger partial charge is 0.282 e. The van der Waals surface area contributed by atoms with E-state index in [1.165, 1.54) is 35.5 Å². The van der Waals surface area contributed by atoms with Gasteiger partial charge in [0.1, 0.15) is 35.2 Å². The molecule has 3 aliphatic carbocycles. The summed E-state index contributed by atoms with van der Waals surface area (Å²) in [7, 11) is 1.54. The molecule has 0 saturated heterocycles. The number of halogens is 4. The lowest BCUT2D eigenvalue weighted by atomic mass is 9.83. The van der Waals surface area contributed by atoms with Gasteiger partial charge in [0.25, 0.3) is 12.3 Å². The number of alkyl halides is 4. The summed E-state index contributed by atoms with van der Waals surface area (Å²) in [5, 5.41) is 21.0. The Morgan fingerprint density at radius 3 is 2.67 bits per heavy atom. The topological polar surface area (TPSA) is 119 Å². The number of carbonyl (C=O) groups excluding carboxylic acids is 2. The number of aromatic nitrogens is 5. The van der Waals surface area contributed by atoms with Crippen LogP contribution >= 0.6 is 11.3 Å². The Labute approximate surface area is 230 Å². The predicted octanol–water partition coefficient (Wildman–Crippen LogP) is 4.26. The van der Waals surface area contributed by atoms with Crippen LogP contribution in [0.1, 0.15) is 64.6 Å². The maximum Gasteiger partial charge on any atom is 0.282 e. The summed E-state index contributed by atoms with van der Waals surface area (Å²) in [5.41, 5.74) is 0.760. The Kier molecular flexibility index (Phi) is 7.00. The van der Waals surface area contributed by atoms with Crippen molar-refractivity contribution in [2.45, 2.75) is 63.3 Å². The van der Waals surface area contributed by atoms with Gasteiger partial charge >= 0.3 is 0 Å². The van der Waals surface area contributed by atoms with E-state index in [1.807, 2.05) is 0 Å². The van der Waals surface area contributed by atoms with Crippen LogP contribution in [0.25, 0.3) is 0 Å². The third-order valence-corrected chi connectivity index (χ3v) is 9.05. The molecular formula is C25H28F4N8O2S. The van der Waals surface area contributed by atoms with Gasteiger partial charge in [-0.2, -0.15) is 5.10 Å². The molecule has 2 saturated carbocycles. The number of nitrogens with zero attached hydrogens (tertiary/aromatic N) is 5. The molecule has 15 heteroatoms. The standard InChI is InChI=1S/C25H28F4N8O2S/c1-36-19(8-17(35-36)21(28)29)32-25-34-31-10-37(25)14-2-3-18-15(7-14)20(23(39)30-9-12-6-16(12)27)24(40-18)33-22(38)11-4-13(26)5-11/h8,10-14,16,21H,2-7,9H2,1H3,(H,30,39)(H,32,34)(H,33,38)/t11?,12-,13?,14+,16+/m1/s1. The van der Waals surface area contributed by atoms with E-state index in [0.717, 1.165) is 10.4 Å². The van der Waals surface area contributed by atoms with Gasteiger partial charge in [-0.1, -0.05) is 0 Å². The van der Waals surface area contributed by atoms with Crippen molar-refractivity contribution in [1.82, 2.24) is 29.9 Å². The van der Waals surface area contributed by atoms with E-state index >= 15 is 0 Å².